The topological polar surface area (TPSA) is 90.9 Å². The molecule has 0 aliphatic carbocycles. The first-order valence-electron chi connectivity index (χ1n) is 5.22. The summed E-state index contributed by atoms with van der Waals surface area (Å²) < 4.78 is 39.5. The molecule has 0 radical (unpaired) electrons. The second-order valence-corrected chi connectivity index (χ2v) is 4.83. The van der Waals surface area contributed by atoms with Crippen molar-refractivity contribution in [3.05, 3.63) is 0 Å². The predicted octanol–water partition coefficient (Wildman–Crippen LogP) is -0.522. The minimum Gasteiger partial charge on any atom is -0.468 e. The summed E-state index contributed by atoms with van der Waals surface area (Å²) in [4.78, 5) is 10.8. The Balaban J connectivity index is 4.17. The lowest BCUT2D eigenvalue weighted by Gasteiger charge is -2.17. The van der Waals surface area contributed by atoms with Gasteiger partial charge in [-0.3, -0.25) is 4.79 Å². The molecular formula is C9H19NO6S. The first-order chi connectivity index (χ1) is 7.95. The van der Waals surface area contributed by atoms with Crippen molar-refractivity contribution in [1.82, 2.24) is 4.72 Å². The van der Waals surface area contributed by atoms with Crippen molar-refractivity contribution >= 4 is 16.0 Å². The number of nitrogens with one attached hydrogen (secondary N) is 1. The lowest BCUT2D eigenvalue weighted by atomic mass is 10.6. The quantitative estimate of drug-likeness (QED) is 0.447. The molecule has 0 aromatic rings. The molecule has 0 saturated heterocycles. The summed E-state index contributed by atoms with van der Waals surface area (Å²) in [6.07, 6.45) is -0.655. The zero-order valence-electron chi connectivity index (χ0n) is 10.3. The molecule has 0 aromatic carbocycles. The van der Waals surface area contributed by atoms with E-state index in [-0.39, 0.29) is 6.54 Å². The zero-order valence-corrected chi connectivity index (χ0v) is 11.1. The number of hydrogen-bond acceptors (Lipinski definition) is 6. The largest absolute Gasteiger partial charge is 0.468 e. The third-order valence-corrected chi connectivity index (χ3v) is 2.93. The van der Waals surface area contributed by atoms with Gasteiger partial charge < -0.3 is 14.2 Å². The number of methoxy groups -OCH3 is 1. The highest BCUT2D eigenvalue weighted by molar-refractivity contribution is 7.90. The monoisotopic (exact) mass is 269 g/mol. The first-order valence-corrected chi connectivity index (χ1v) is 6.87. The molecule has 0 heterocycles. The van der Waals surface area contributed by atoms with Gasteiger partial charge in [0.05, 0.1) is 13.7 Å². The molecule has 0 spiro atoms. The summed E-state index contributed by atoms with van der Waals surface area (Å²) in [5.74, 6) is -1.53. The third-order valence-electron chi connectivity index (χ3n) is 1.71. The maximum atomic E-state index is 11.4. The molecule has 0 aliphatic rings. The minimum atomic E-state index is -3.71. The van der Waals surface area contributed by atoms with E-state index >= 15 is 0 Å². The molecule has 0 unspecified atom stereocenters. The average Bonchev–Trinajstić information content (AvgIpc) is 2.26. The van der Waals surface area contributed by atoms with Crippen LogP contribution in [0, 0.1) is 0 Å². The van der Waals surface area contributed by atoms with Crippen molar-refractivity contribution in [2.75, 3.05) is 32.6 Å². The van der Waals surface area contributed by atoms with E-state index in [4.69, 9.17) is 9.47 Å². The van der Waals surface area contributed by atoms with Gasteiger partial charge in [0.1, 0.15) is 0 Å². The Hall–Kier alpha value is -0.700. The number of carbonyl (C=O) groups excluding carboxylic acids is 1. The van der Waals surface area contributed by atoms with Crippen molar-refractivity contribution in [2.45, 2.75) is 20.1 Å². The van der Waals surface area contributed by atoms with Crippen LogP contribution < -0.4 is 4.72 Å². The van der Waals surface area contributed by atoms with Crippen LogP contribution in [-0.2, 0) is 29.0 Å². The van der Waals surface area contributed by atoms with Gasteiger partial charge in [-0.15, -0.1) is 0 Å². The second kappa shape index (κ2) is 8.40. The van der Waals surface area contributed by atoms with E-state index in [0.29, 0.717) is 13.2 Å². The molecule has 8 heteroatoms. The van der Waals surface area contributed by atoms with Crippen LogP contribution in [0.2, 0.25) is 0 Å². The van der Waals surface area contributed by atoms with Crippen molar-refractivity contribution in [2.24, 2.45) is 0 Å². The molecule has 1 N–H and O–H groups in total. The smallest absolute Gasteiger partial charge is 0.322 e. The lowest BCUT2D eigenvalue weighted by Crippen LogP contribution is -2.38. The molecule has 0 bridgehead atoms. The molecule has 0 saturated carbocycles. The highest BCUT2D eigenvalue weighted by Crippen LogP contribution is 1.95. The van der Waals surface area contributed by atoms with E-state index in [1.807, 2.05) is 0 Å². The summed E-state index contributed by atoms with van der Waals surface area (Å²) in [6, 6.07) is 0. The fraction of sp³-hybridized carbons (Fsp3) is 0.889. The normalized spacial score (nSPS) is 11.8. The Morgan fingerprint density at radius 1 is 1.24 bits per heavy atom. The lowest BCUT2D eigenvalue weighted by molar-refractivity contribution is -0.137. The van der Waals surface area contributed by atoms with E-state index in [2.05, 4.69) is 9.46 Å². The predicted molar refractivity (Wildman–Crippen MR) is 60.8 cm³/mol. The third kappa shape index (κ3) is 8.08. The minimum absolute atomic E-state index is 0.0407. The van der Waals surface area contributed by atoms with Gasteiger partial charge in [0.2, 0.25) is 10.0 Å². The maximum Gasteiger partial charge on any atom is 0.322 e. The average molecular weight is 269 g/mol. The summed E-state index contributed by atoms with van der Waals surface area (Å²) >= 11 is 0. The SMILES string of the molecule is CCOC(CNS(=O)(=O)CC(=O)OC)OCC. The fourth-order valence-electron chi connectivity index (χ4n) is 0.998. The maximum absolute atomic E-state index is 11.4. The molecule has 0 rings (SSSR count). The molecule has 102 valence electrons. The highest BCUT2D eigenvalue weighted by Gasteiger charge is 2.19. The molecule has 0 aliphatic heterocycles. The van der Waals surface area contributed by atoms with E-state index in [1.165, 1.54) is 0 Å². The molecule has 0 fully saturated rings. The Labute approximate surface area is 101 Å². The van der Waals surface area contributed by atoms with Gasteiger partial charge in [-0.05, 0) is 13.8 Å². The van der Waals surface area contributed by atoms with Gasteiger partial charge in [-0.2, -0.15) is 0 Å². The van der Waals surface area contributed by atoms with Gasteiger partial charge in [0.25, 0.3) is 0 Å². The van der Waals surface area contributed by atoms with Gasteiger partial charge >= 0.3 is 5.97 Å². The van der Waals surface area contributed by atoms with Gasteiger partial charge in [0, 0.05) is 13.2 Å². The number of hydrogen-bond donors (Lipinski definition) is 1. The van der Waals surface area contributed by atoms with Crippen LogP contribution in [-0.4, -0.2) is 53.3 Å². The van der Waals surface area contributed by atoms with Crippen LogP contribution in [0.4, 0.5) is 0 Å². The Morgan fingerprint density at radius 2 is 1.76 bits per heavy atom. The van der Waals surface area contributed by atoms with Crippen molar-refractivity contribution in [3.63, 3.8) is 0 Å². The molecule has 17 heavy (non-hydrogen) atoms. The number of sulfonamides is 1. The van der Waals surface area contributed by atoms with Gasteiger partial charge in [-0.25, -0.2) is 13.1 Å². The molecular weight excluding hydrogens is 250 g/mol. The highest BCUT2D eigenvalue weighted by atomic mass is 32.2. The number of ether oxygens (including phenoxy) is 3. The zero-order chi connectivity index (χ0) is 13.3. The molecule has 0 aromatic heterocycles. The Bertz CT molecular complexity index is 309. The Morgan fingerprint density at radius 3 is 2.18 bits per heavy atom. The van der Waals surface area contributed by atoms with Crippen LogP contribution in [0.15, 0.2) is 0 Å². The van der Waals surface area contributed by atoms with Crippen LogP contribution in [0.5, 0.6) is 0 Å². The van der Waals surface area contributed by atoms with Crippen LogP contribution in [0.3, 0.4) is 0 Å². The summed E-state index contributed by atoms with van der Waals surface area (Å²) in [5.41, 5.74) is 0. The van der Waals surface area contributed by atoms with Crippen LogP contribution >= 0.6 is 0 Å². The molecule has 7 nitrogen and oxygen atoms in total. The number of esters is 1. The number of rotatable bonds is 9. The van der Waals surface area contributed by atoms with Gasteiger partial charge in [-0.1, -0.05) is 0 Å². The first kappa shape index (κ1) is 16.3. The summed E-state index contributed by atoms with van der Waals surface area (Å²) in [5, 5.41) is 0. The van der Waals surface area contributed by atoms with Crippen molar-refractivity contribution in [1.29, 1.82) is 0 Å². The summed E-state index contributed by atoms with van der Waals surface area (Å²) in [6.45, 7) is 4.32. The van der Waals surface area contributed by atoms with Gasteiger partial charge in [0.15, 0.2) is 12.0 Å². The standard InChI is InChI=1S/C9H19NO6S/c1-4-15-9(16-5-2)6-10-17(12,13)7-8(11)14-3/h9-10H,4-7H2,1-3H3. The van der Waals surface area contributed by atoms with Crippen LogP contribution in [0.1, 0.15) is 13.8 Å². The molecule has 0 amide bonds. The van der Waals surface area contributed by atoms with E-state index in [0.717, 1.165) is 7.11 Å². The second-order valence-electron chi connectivity index (χ2n) is 3.02. The summed E-state index contributed by atoms with van der Waals surface area (Å²) in [7, 11) is -2.58. The molecule has 0 atom stereocenters. The van der Waals surface area contributed by atoms with E-state index < -0.39 is 28.0 Å². The Kier molecular flexibility index (Phi) is 8.05. The van der Waals surface area contributed by atoms with Crippen molar-refractivity contribution < 1.29 is 27.4 Å². The number of carbonyl (C=O) groups is 1. The van der Waals surface area contributed by atoms with Crippen molar-refractivity contribution in [3.8, 4) is 0 Å². The van der Waals surface area contributed by atoms with E-state index in [1.54, 1.807) is 13.8 Å². The van der Waals surface area contributed by atoms with Crippen LogP contribution in [0.25, 0.3) is 0 Å². The fourth-order valence-corrected chi connectivity index (χ4v) is 1.92. The van der Waals surface area contributed by atoms with E-state index in [9.17, 15) is 13.2 Å².